The van der Waals surface area contributed by atoms with E-state index in [2.05, 4.69) is 0 Å². The fraction of sp³-hybridized carbons (Fsp3) is 0.273. The second-order valence-electron chi connectivity index (χ2n) is 6.02. The maximum absolute atomic E-state index is 11.6. The lowest BCUT2D eigenvalue weighted by Crippen LogP contribution is -1.94. The molecule has 0 N–H and O–H groups in total. The van der Waals surface area contributed by atoms with Crippen LogP contribution >= 0.6 is 0 Å². The van der Waals surface area contributed by atoms with Gasteiger partial charge < -0.3 is 4.42 Å². The molecule has 0 saturated heterocycles. The average molecular weight is 333 g/mol. The number of oxazole rings is 1. The standard InChI is InChI=1S/C20H17NO2.C2H6/c1-13(22)16-12-17(16)20-21-18(14-8-4-2-5-9-14)19(23-20)15-10-6-3-7-11-15;1-2/h2-11,16-17H,12H2,1H3;1-2H3/t16?,17-;/m0./s1. The van der Waals surface area contributed by atoms with E-state index in [-0.39, 0.29) is 17.6 Å². The fourth-order valence-electron chi connectivity index (χ4n) is 2.99. The van der Waals surface area contributed by atoms with Gasteiger partial charge in [-0.2, -0.15) is 0 Å². The summed E-state index contributed by atoms with van der Waals surface area (Å²) in [6.45, 7) is 5.64. The van der Waals surface area contributed by atoms with Crippen molar-refractivity contribution in [1.29, 1.82) is 0 Å². The monoisotopic (exact) mass is 333 g/mol. The van der Waals surface area contributed by atoms with Crippen LogP contribution in [0.2, 0.25) is 0 Å². The van der Waals surface area contributed by atoms with Crippen LogP contribution in [0.3, 0.4) is 0 Å². The molecule has 1 unspecified atom stereocenters. The van der Waals surface area contributed by atoms with E-state index in [1.54, 1.807) is 6.92 Å². The van der Waals surface area contributed by atoms with Crippen LogP contribution in [-0.4, -0.2) is 10.8 Å². The molecule has 1 heterocycles. The van der Waals surface area contributed by atoms with Gasteiger partial charge in [0, 0.05) is 23.0 Å². The van der Waals surface area contributed by atoms with Gasteiger partial charge in [-0.1, -0.05) is 74.5 Å². The SMILES string of the molecule is CC.CC(=O)C1C[C@@H]1c1nc(-c2ccccc2)c(-c2ccccc2)o1. The van der Waals surface area contributed by atoms with Crippen molar-refractivity contribution in [1.82, 2.24) is 4.98 Å². The van der Waals surface area contributed by atoms with Gasteiger partial charge in [0.25, 0.3) is 0 Å². The minimum Gasteiger partial charge on any atom is -0.440 e. The van der Waals surface area contributed by atoms with Gasteiger partial charge in [-0.25, -0.2) is 4.98 Å². The summed E-state index contributed by atoms with van der Waals surface area (Å²) in [6.07, 6.45) is 0.846. The molecular formula is C22H23NO2. The molecule has 2 atom stereocenters. The van der Waals surface area contributed by atoms with Crippen LogP contribution in [0.5, 0.6) is 0 Å². The molecule has 0 bridgehead atoms. The molecule has 0 spiro atoms. The Bertz CT molecular complexity index is 780. The number of carbonyl (C=O) groups is 1. The fourth-order valence-corrected chi connectivity index (χ4v) is 2.99. The molecule has 4 rings (SSSR count). The third-order valence-electron chi connectivity index (χ3n) is 4.36. The first-order chi connectivity index (χ1) is 12.2. The lowest BCUT2D eigenvalue weighted by molar-refractivity contribution is -0.118. The summed E-state index contributed by atoms with van der Waals surface area (Å²) >= 11 is 0. The van der Waals surface area contributed by atoms with Gasteiger partial charge in [0.2, 0.25) is 0 Å². The second kappa shape index (κ2) is 7.47. The highest BCUT2D eigenvalue weighted by molar-refractivity contribution is 5.82. The predicted molar refractivity (Wildman–Crippen MR) is 100 cm³/mol. The summed E-state index contributed by atoms with van der Waals surface area (Å²) in [4.78, 5) is 16.3. The molecule has 1 saturated carbocycles. The van der Waals surface area contributed by atoms with E-state index in [0.29, 0.717) is 5.89 Å². The third kappa shape index (κ3) is 3.55. The first-order valence-electron chi connectivity index (χ1n) is 8.86. The van der Waals surface area contributed by atoms with E-state index in [1.807, 2.05) is 74.5 Å². The van der Waals surface area contributed by atoms with E-state index >= 15 is 0 Å². The first kappa shape index (κ1) is 17.2. The Morgan fingerprint density at radius 2 is 1.52 bits per heavy atom. The summed E-state index contributed by atoms with van der Waals surface area (Å²) < 4.78 is 6.10. The van der Waals surface area contributed by atoms with Gasteiger partial charge in [-0.05, 0) is 13.3 Å². The van der Waals surface area contributed by atoms with Crippen molar-refractivity contribution in [3.63, 3.8) is 0 Å². The normalized spacial score (nSPS) is 18.2. The van der Waals surface area contributed by atoms with Crippen molar-refractivity contribution in [2.24, 2.45) is 5.92 Å². The number of carbonyl (C=O) groups excluding carboxylic acids is 1. The largest absolute Gasteiger partial charge is 0.440 e. The van der Waals surface area contributed by atoms with Gasteiger partial charge in [0.05, 0.1) is 0 Å². The molecule has 0 amide bonds. The summed E-state index contributed by atoms with van der Waals surface area (Å²) in [5.74, 6) is 1.88. The van der Waals surface area contributed by atoms with Gasteiger partial charge >= 0.3 is 0 Å². The highest BCUT2D eigenvalue weighted by atomic mass is 16.4. The number of Topliss-reactive ketones (excluding diaryl/α,β-unsaturated/α-hetero) is 1. The Kier molecular flexibility index (Phi) is 5.13. The molecule has 0 aliphatic heterocycles. The topological polar surface area (TPSA) is 43.1 Å². The Hall–Kier alpha value is -2.68. The second-order valence-corrected chi connectivity index (χ2v) is 6.02. The van der Waals surface area contributed by atoms with Crippen molar-refractivity contribution in [3.8, 4) is 22.6 Å². The van der Waals surface area contributed by atoms with Crippen LogP contribution in [0, 0.1) is 5.92 Å². The molecule has 3 heteroatoms. The number of aromatic nitrogens is 1. The number of rotatable bonds is 4. The summed E-state index contributed by atoms with van der Waals surface area (Å²) in [7, 11) is 0. The summed E-state index contributed by atoms with van der Waals surface area (Å²) in [5, 5.41) is 0. The third-order valence-corrected chi connectivity index (χ3v) is 4.36. The molecule has 2 aromatic carbocycles. The molecule has 3 nitrogen and oxygen atoms in total. The van der Waals surface area contributed by atoms with E-state index in [4.69, 9.17) is 9.40 Å². The molecule has 128 valence electrons. The predicted octanol–water partition coefficient (Wildman–Crippen LogP) is 5.73. The number of hydrogen-bond donors (Lipinski definition) is 0. The number of nitrogens with zero attached hydrogens (tertiary/aromatic N) is 1. The van der Waals surface area contributed by atoms with E-state index in [1.165, 1.54) is 0 Å². The molecule has 25 heavy (non-hydrogen) atoms. The maximum atomic E-state index is 11.6. The van der Waals surface area contributed by atoms with Crippen LogP contribution in [0.1, 0.15) is 39.0 Å². The number of benzene rings is 2. The lowest BCUT2D eigenvalue weighted by atomic mass is 10.1. The summed E-state index contributed by atoms with van der Waals surface area (Å²) in [6, 6.07) is 20.0. The van der Waals surface area contributed by atoms with Crippen molar-refractivity contribution >= 4 is 5.78 Å². The number of ketones is 1. The average Bonchev–Trinajstić information content (AvgIpc) is 3.37. The van der Waals surface area contributed by atoms with Gasteiger partial charge in [-0.15, -0.1) is 0 Å². The maximum Gasteiger partial charge on any atom is 0.199 e. The zero-order chi connectivity index (χ0) is 17.8. The smallest absolute Gasteiger partial charge is 0.199 e. The quantitative estimate of drug-likeness (QED) is 0.612. The zero-order valence-electron chi connectivity index (χ0n) is 14.9. The summed E-state index contributed by atoms with van der Waals surface area (Å²) in [5.41, 5.74) is 2.88. The van der Waals surface area contributed by atoms with Crippen LogP contribution in [0.4, 0.5) is 0 Å². The molecule has 1 aliphatic carbocycles. The van der Waals surface area contributed by atoms with Crippen molar-refractivity contribution in [2.75, 3.05) is 0 Å². The van der Waals surface area contributed by atoms with Crippen molar-refractivity contribution < 1.29 is 9.21 Å². The van der Waals surface area contributed by atoms with Gasteiger partial charge in [0.1, 0.15) is 11.5 Å². The molecule has 1 aromatic heterocycles. The van der Waals surface area contributed by atoms with Gasteiger partial charge in [-0.3, -0.25) is 4.79 Å². The molecule has 1 aliphatic rings. The molecule has 1 fully saturated rings. The van der Waals surface area contributed by atoms with Gasteiger partial charge in [0.15, 0.2) is 11.7 Å². The molecule has 0 radical (unpaired) electrons. The van der Waals surface area contributed by atoms with E-state index < -0.39 is 0 Å². The minimum absolute atomic E-state index is 0.0703. The van der Waals surface area contributed by atoms with Crippen molar-refractivity contribution in [3.05, 3.63) is 66.6 Å². The Morgan fingerprint density at radius 3 is 2.04 bits per heavy atom. The molecule has 3 aromatic rings. The first-order valence-corrected chi connectivity index (χ1v) is 8.86. The Labute approximate surface area is 148 Å². The van der Waals surface area contributed by atoms with E-state index in [9.17, 15) is 4.79 Å². The van der Waals surface area contributed by atoms with Crippen LogP contribution in [0.25, 0.3) is 22.6 Å². The van der Waals surface area contributed by atoms with Crippen molar-refractivity contribution in [2.45, 2.75) is 33.1 Å². The number of hydrogen-bond acceptors (Lipinski definition) is 3. The zero-order valence-corrected chi connectivity index (χ0v) is 14.9. The Balaban J connectivity index is 0.000000880. The van der Waals surface area contributed by atoms with Crippen LogP contribution < -0.4 is 0 Å². The highest BCUT2D eigenvalue weighted by Crippen LogP contribution is 2.49. The highest BCUT2D eigenvalue weighted by Gasteiger charge is 2.45. The van der Waals surface area contributed by atoms with Crippen LogP contribution in [0.15, 0.2) is 65.1 Å². The Morgan fingerprint density at radius 1 is 0.960 bits per heavy atom. The molecular weight excluding hydrogens is 310 g/mol. The lowest BCUT2D eigenvalue weighted by Gasteiger charge is -2.00. The van der Waals surface area contributed by atoms with E-state index in [0.717, 1.165) is 29.0 Å². The minimum atomic E-state index is 0.0703. The van der Waals surface area contributed by atoms with Crippen LogP contribution in [-0.2, 0) is 4.79 Å².